The molecule has 0 aliphatic carbocycles. The van der Waals surface area contributed by atoms with E-state index in [0.717, 1.165) is 44.4 Å². The Morgan fingerprint density at radius 1 is 1.00 bits per heavy atom. The summed E-state index contributed by atoms with van der Waals surface area (Å²) in [5.74, 6) is -1.03. The Bertz CT molecular complexity index is 358. The number of hydrogen-bond acceptors (Lipinski definition) is 5. The van der Waals surface area contributed by atoms with Crippen LogP contribution < -0.4 is 0 Å². The quantitative estimate of drug-likeness (QED) is 0.312. The van der Waals surface area contributed by atoms with E-state index < -0.39 is 11.9 Å². The molecule has 0 spiro atoms. The summed E-state index contributed by atoms with van der Waals surface area (Å²) in [6.45, 7) is 3.58. The van der Waals surface area contributed by atoms with E-state index in [4.69, 9.17) is 14.2 Å². The minimum absolute atomic E-state index is 0.00312. The van der Waals surface area contributed by atoms with Gasteiger partial charge in [0.15, 0.2) is 0 Å². The highest BCUT2D eigenvalue weighted by molar-refractivity contribution is 5.91. The van der Waals surface area contributed by atoms with Crippen molar-refractivity contribution in [2.24, 2.45) is 0 Å². The molecule has 0 saturated carbocycles. The molecule has 0 aromatic heterocycles. The number of carbonyl (C=O) groups excluding carboxylic acids is 2. The first-order chi connectivity index (χ1) is 11.2. The predicted octanol–water partition coefficient (Wildman–Crippen LogP) is 3.56. The molecule has 1 unspecified atom stereocenters. The van der Waals surface area contributed by atoms with Gasteiger partial charge in [-0.15, -0.1) is 0 Å². The van der Waals surface area contributed by atoms with Gasteiger partial charge in [0, 0.05) is 18.8 Å². The molecule has 5 heteroatoms. The van der Waals surface area contributed by atoms with Crippen molar-refractivity contribution < 1.29 is 23.8 Å². The third kappa shape index (κ3) is 10.9. The molecule has 1 fully saturated rings. The first kappa shape index (κ1) is 19.7. The van der Waals surface area contributed by atoms with Crippen molar-refractivity contribution in [3.05, 3.63) is 12.2 Å². The number of ether oxygens (including phenoxy) is 3. The van der Waals surface area contributed by atoms with Crippen molar-refractivity contribution in [2.75, 3.05) is 19.8 Å². The van der Waals surface area contributed by atoms with Crippen LogP contribution in [-0.4, -0.2) is 37.9 Å². The Balaban J connectivity index is 1.96. The smallest absolute Gasteiger partial charge is 0.331 e. The lowest BCUT2D eigenvalue weighted by Gasteiger charge is -2.08. The summed E-state index contributed by atoms with van der Waals surface area (Å²) in [6.07, 6.45) is 12.4. The van der Waals surface area contributed by atoms with Crippen LogP contribution in [-0.2, 0) is 23.8 Å². The van der Waals surface area contributed by atoms with Crippen molar-refractivity contribution in [1.29, 1.82) is 0 Å². The zero-order valence-corrected chi connectivity index (χ0v) is 14.3. The minimum Gasteiger partial charge on any atom is -0.463 e. The van der Waals surface area contributed by atoms with Crippen molar-refractivity contribution in [3.8, 4) is 0 Å². The topological polar surface area (TPSA) is 61.8 Å². The van der Waals surface area contributed by atoms with E-state index in [9.17, 15) is 9.59 Å². The number of unbranched alkanes of at least 4 members (excludes halogenated alkanes) is 6. The van der Waals surface area contributed by atoms with E-state index in [2.05, 4.69) is 6.92 Å². The first-order valence-electron chi connectivity index (χ1n) is 8.85. The average Bonchev–Trinajstić information content (AvgIpc) is 3.07. The van der Waals surface area contributed by atoms with E-state index in [1.807, 2.05) is 0 Å². The lowest BCUT2D eigenvalue weighted by Crippen LogP contribution is -2.16. The maximum atomic E-state index is 11.4. The molecule has 0 aromatic rings. The lowest BCUT2D eigenvalue weighted by molar-refractivity contribution is -0.142. The van der Waals surface area contributed by atoms with Gasteiger partial charge in [-0.1, -0.05) is 45.4 Å². The molecule has 0 N–H and O–H groups in total. The summed E-state index contributed by atoms with van der Waals surface area (Å²) >= 11 is 0. The van der Waals surface area contributed by atoms with Crippen LogP contribution in [0.4, 0.5) is 0 Å². The number of carbonyl (C=O) groups is 2. The van der Waals surface area contributed by atoms with Gasteiger partial charge in [0.25, 0.3) is 0 Å². The Morgan fingerprint density at radius 3 is 2.30 bits per heavy atom. The van der Waals surface area contributed by atoms with Crippen LogP contribution in [0.25, 0.3) is 0 Å². The fourth-order valence-corrected chi connectivity index (χ4v) is 2.42. The van der Waals surface area contributed by atoms with E-state index in [0.29, 0.717) is 6.61 Å². The molecule has 1 aliphatic rings. The van der Waals surface area contributed by atoms with E-state index in [-0.39, 0.29) is 12.7 Å². The van der Waals surface area contributed by atoms with E-state index in [1.54, 1.807) is 0 Å². The zero-order chi connectivity index (χ0) is 16.8. The number of hydrogen-bond donors (Lipinski definition) is 0. The molecular formula is C18H30O5. The Kier molecular flexibility index (Phi) is 11.2. The molecule has 1 heterocycles. The molecule has 0 radical (unpaired) electrons. The molecular weight excluding hydrogens is 296 g/mol. The van der Waals surface area contributed by atoms with Gasteiger partial charge in [-0.3, -0.25) is 0 Å². The van der Waals surface area contributed by atoms with Crippen LogP contribution >= 0.6 is 0 Å². The summed E-state index contributed by atoms with van der Waals surface area (Å²) in [4.78, 5) is 22.9. The summed E-state index contributed by atoms with van der Waals surface area (Å²) in [5.41, 5.74) is 0. The summed E-state index contributed by atoms with van der Waals surface area (Å²) in [6, 6.07) is 0. The Morgan fingerprint density at radius 2 is 1.65 bits per heavy atom. The Hall–Kier alpha value is -1.36. The molecule has 1 atom stereocenters. The van der Waals surface area contributed by atoms with Crippen LogP contribution in [0.2, 0.25) is 0 Å². The van der Waals surface area contributed by atoms with Gasteiger partial charge in [0.05, 0.1) is 12.7 Å². The van der Waals surface area contributed by atoms with Gasteiger partial charge in [0.2, 0.25) is 0 Å². The molecule has 23 heavy (non-hydrogen) atoms. The maximum Gasteiger partial charge on any atom is 0.331 e. The fourth-order valence-electron chi connectivity index (χ4n) is 2.42. The zero-order valence-electron chi connectivity index (χ0n) is 14.3. The van der Waals surface area contributed by atoms with Crippen molar-refractivity contribution >= 4 is 11.9 Å². The molecule has 1 aliphatic heterocycles. The predicted molar refractivity (Wildman–Crippen MR) is 88.0 cm³/mol. The summed E-state index contributed by atoms with van der Waals surface area (Å²) < 4.78 is 15.4. The van der Waals surface area contributed by atoms with Crippen molar-refractivity contribution in [2.45, 2.75) is 70.8 Å². The third-order valence-corrected chi connectivity index (χ3v) is 3.78. The van der Waals surface area contributed by atoms with E-state index >= 15 is 0 Å². The highest BCUT2D eigenvalue weighted by atomic mass is 16.6. The molecule has 132 valence electrons. The SMILES string of the molecule is CCCCCCCCCOC(=O)/C=C/C(=O)OCC1CCCO1. The van der Waals surface area contributed by atoms with Gasteiger partial charge in [0.1, 0.15) is 6.61 Å². The average molecular weight is 326 g/mol. The second-order valence-electron chi connectivity index (χ2n) is 5.89. The third-order valence-electron chi connectivity index (χ3n) is 3.78. The van der Waals surface area contributed by atoms with Crippen LogP contribution in [0.3, 0.4) is 0 Å². The first-order valence-corrected chi connectivity index (χ1v) is 8.85. The Labute approximate surface area is 139 Å². The molecule has 1 saturated heterocycles. The lowest BCUT2D eigenvalue weighted by atomic mass is 10.1. The summed E-state index contributed by atoms with van der Waals surface area (Å²) in [7, 11) is 0. The molecule has 0 bridgehead atoms. The van der Waals surface area contributed by atoms with Gasteiger partial charge >= 0.3 is 11.9 Å². The van der Waals surface area contributed by atoms with Gasteiger partial charge in [-0.2, -0.15) is 0 Å². The number of rotatable bonds is 12. The summed E-state index contributed by atoms with van der Waals surface area (Å²) in [5, 5.41) is 0. The number of esters is 2. The monoisotopic (exact) mass is 326 g/mol. The van der Waals surface area contributed by atoms with E-state index in [1.165, 1.54) is 32.1 Å². The highest BCUT2D eigenvalue weighted by Crippen LogP contribution is 2.12. The maximum absolute atomic E-state index is 11.4. The highest BCUT2D eigenvalue weighted by Gasteiger charge is 2.16. The van der Waals surface area contributed by atoms with Crippen molar-refractivity contribution in [3.63, 3.8) is 0 Å². The van der Waals surface area contributed by atoms with Crippen LogP contribution in [0.15, 0.2) is 12.2 Å². The second-order valence-corrected chi connectivity index (χ2v) is 5.89. The molecule has 5 nitrogen and oxygen atoms in total. The standard InChI is InChI=1S/C18H30O5/c1-2-3-4-5-6-7-8-13-22-17(19)11-12-18(20)23-15-16-10-9-14-21-16/h11-12,16H,2-10,13-15H2,1H3/b12-11+. The van der Waals surface area contributed by atoms with Gasteiger partial charge in [-0.25, -0.2) is 9.59 Å². The van der Waals surface area contributed by atoms with Crippen LogP contribution in [0.1, 0.15) is 64.7 Å². The second kappa shape index (κ2) is 13.1. The van der Waals surface area contributed by atoms with Gasteiger partial charge < -0.3 is 14.2 Å². The largest absolute Gasteiger partial charge is 0.463 e. The normalized spacial score (nSPS) is 17.5. The molecule has 0 aromatic carbocycles. The van der Waals surface area contributed by atoms with Crippen molar-refractivity contribution in [1.82, 2.24) is 0 Å². The van der Waals surface area contributed by atoms with Gasteiger partial charge in [-0.05, 0) is 19.3 Å². The molecule has 0 amide bonds. The minimum atomic E-state index is -0.534. The van der Waals surface area contributed by atoms with Crippen LogP contribution in [0.5, 0.6) is 0 Å². The van der Waals surface area contributed by atoms with Crippen LogP contribution in [0, 0.1) is 0 Å². The fraction of sp³-hybridized carbons (Fsp3) is 0.778. The molecule has 1 rings (SSSR count).